The van der Waals surface area contributed by atoms with E-state index in [4.69, 9.17) is 39.5 Å². The second-order valence-corrected chi connectivity index (χ2v) is 8.39. The summed E-state index contributed by atoms with van der Waals surface area (Å²) in [6.45, 7) is 1.51. The summed E-state index contributed by atoms with van der Waals surface area (Å²) in [6.07, 6.45) is 0. The van der Waals surface area contributed by atoms with Crippen molar-refractivity contribution in [1.29, 1.82) is 0 Å². The van der Waals surface area contributed by atoms with Gasteiger partial charge in [0, 0.05) is 16.1 Å². The largest absolute Gasteiger partial charge is 0.451 e. The summed E-state index contributed by atoms with van der Waals surface area (Å²) in [5.41, 5.74) is 2.74. The van der Waals surface area contributed by atoms with Crippen molar-refractivity contribution in [1.82, 2.24) is 14.8 Å². The van der Waals surface area contributed by atoms with Crippen LogP contribution in [0.15, 0.2) is 66.7 Å². The van der Waals surface area contributed by atoms with E-state index in [2.05, 4.69) is 10.1 Å². The second kappa shape index (κ2) is 9.75. The molecule has 4 rings (SSSR count). The van der Waals surface area contributed by atoms with E-state index in [0.29, 0.717) is 32.1 Å². The third-order valence-corrected chi connectivity index (χ3v) is 5.74. The molecule has 0 aliphatic heterocycles. The van der Waals surface area contributed by atoms with Gasteiger partial charge in [0.1, 0.15) is 0 Å². The molecule has 6 nitrogen and oxygen atoms in total. The minimum absolute atomic E-state index is 0.194. The van der Waals surface area contributed by atoms with Crippen LogP contribution < -0.4 is 0 Å². The number of ether oxygens (including phenoxy) is 1. The Kier molecular flexibility index (Phi) is 6.79. The molecular formula is C24H16Cl3N3O3. The van der Waals surface area contributed by atoms with Crippen molar-refractivity contribution < 1.29 is 14.3 Å². The third-order valence-electron chi connectivity index (χ3n) is 4.75. The minimum atomic E-state index is -0.829. The Morgan fingerprint density at radius 3 is 2.27 bits per heavy atom. The molecule has 0 saturated carbocycles. The quantitative estimate of drug-likeness (QED) is 0.231. The average molecular weight is 501 g/mol. The Balaban J connectivity index is 1.63. The number of rotatable bonds is 6. The summed E-state index contributed by atoms with van der Waals surface area (Å²) in [5.74, 6) is -0.989. The van der Waals surface area contributed by atoms with E-state index in [1.54, 1.807) is 42.5 Å². The number of hydrogen-bond donors (Lipinski definition) is 0. The van der Waals surface area contributed by atoms with Gasteiger partial charge in [-0.1, -0.05) is 64.6 Å². The lowest BCUT2D eigenvalue weighted by atomic mass is 10.1. The molecule has 9 heteroatoms. The van der Waals surface area contributed by atoms with Crippen LogP contribution in [0.2, 0.25) is 15.1 Å². The summed E-state index contributed by atoms with van der Waals surface area (Å²) >= 11 is 18.0. The van der Waals surface area contributed by atoms with Gasteiger partial charge in [-0.3, -0.25) is 4.79 Å². The topological polar surface area (TPSA) is 74.1 Å². The van der Waals surface area contributed by atoms with E-state index >= 15 is 0 Å². The first-order chi connectivity index (χ1) is 15.8. The molecule has 33 heavy (non-hydrogen) atoms. The van der Waals surface area contributed by atoms with E-state index in [-0.39, 0.29) is 11.6 Å². The molecular weight excluding hydrogens is 485 g/mol. The molecule has 0 saturated heterocycles. The summed E-state index contributed by atoms with van der Waals surface area (Å²) in [6, 6.07) is 18.8. The van der Waals surface area contributed by atoms with Gasteiger partial charge in [0.2, 0.25) is 0 Å². The Hall–Kier alpha value is -3.19. The van der Waals surface area contributed by atoms with Gasteiger partial charge in [-0.2, -0.15) is 0 Å². The van der Waals surface area contributed by atoms with Crippen LogP contribution in [0.25, 0.3) is 17.1 Å². The predicted molar refractivity (Wildman–Crippen MR) is 128 cm³/mol. The maximum absolute atomic E-state index is 12.7. The summed E-state index contributed by atoms with van der Waals surface area (Å²) < 4.78 is 6.65. The standard InChI is InChI=1S/C24H16Cl3N3O3/c1-14-2-4-16(5-3-14)23-28-22(29-30(23)18-10-11-19(26)20(27)12-18)24(32)33-13-21(31)15-6-8-17(25)9-7-15/h2-12H,13H2,1H3. The van der Waals surface area contributed by atoms with Crippen molar-refractivity contribution in [3.63, 3.8) is 0 Å². The van der Waals surface area contributed by atoms with Gasteiger partial charge < -0.3 is 4.74 Å². The number of nitrogens with zero attached hydrogens (tertiary/aromatic N) is 3. The number of Topliss-reactive ketones (excluding diaryl/α,β-unsaturated/α-hetero) is 1. The van der Waals surface area contributed by atoms with Gasteiger partial charge in [0.05, 0.1) is 15.7 Å². The summed E-state index contributed by atoms with van der Waals surface area (Å²) in [5, 5.41) is 5.53. The monoisotopic (exact) mass is 499 g/mol. The lowest BCUT2D eigenvalue weighted by Crippen LogP contribution is -2.15. The lowest BCUT2D eigenvalue weighted by molar-refractivity contribution is 0.0462. The fourth-order valence-electron chi connectivity index (χ4n) is 3.00. The fourth-order valence-corrected chi connectivity index (χ4v) is 3.42. The molecule has 0 spiro atoms. The zero-order valence-electron chi connectivity index (χ0n) is 17.3. The van der Waals surface area contributed by atoms with E-state index in [1.807, 2.05) is 31.2 Å². The van der Waals surface area contributed by atoms with Crippen molar-refractivity contribution in [3.8, 4) is 17.1 Å². The van der Waals surface area contributed by atoms with Gasteiger partial charge in [0.15, 0.2) is 18.2 Å². The summed E-state index contributed by atoms with van der Waals surface area (Å²) in [4.78, 5) is 29.3. The number of carbonyl (C=O) groups excluding carboxylic acids is 2. The first kappa shape index (κ1) is 23.0. The molecule has 1 heterocycles. The van der Waals surface area contributed by atoms with Crippen molar-refractivity contribution in [2.24, 2.45) is 0 Å². The van der Waals surface area contributed by atoms with E-state index in [0.717, 1.165) is 11.1 Å². The first-order valence-corrected chi connectivity index (χ1v) is 10.9. The number of aryl methyl sites for hydroxylation is 1. The zero-order valence-corrected chi connectivity index (χ0v) is 19.5. The SMILES string of the molecule is Cc1ccc(-c2nc(C(=O)OCC(=O)c3ccc(Cl)cc3)nn2-c2ccc(Cl)c(Cl)c2)cc1. The number of carbonyl (C=O) groups is 2. The van der Waals surface area contributed by atoms with Gasteiger partial charge in [-0.05, 0) is 49.4 Å². The van der Waals surface area contributed by atoms with Crippen molar-refractivity contribution in [2.45, 2.75) is 6.92 Å². The highest BCUT2D eigenvalue weighted by Crippen LogP contribution is 2.27. The smallest absolute Gasteiger partial charge is 0.378 e. The van der Waals surface area contributed by atoms with E-state index < -0.39 is 12.6 Å². The average Bonchev–Trinajstić information content (AvgIpc) is 3.25. The Morgan fingerprint density at radius 2 is 1.61 bits per heavy atom. The zero-order chi connectivity index (χ0) is 23.5. The van der Waals surface area contributed by atoms with Gasteiger partial charge in [-0.25, -0.2) is 14.5 Å². The number of esters is 1. The van der Waals surface area contributed by atoms with Crippen molar-refractivity contribution in [2.75, 3.05) is 6.61 Å². The van der Waals surface area contributed by atoms with Gasteiger partial charge >= 0.3 is 5.97 Å². The van der Waals surface area contributed by atoms with Crippen LogP contribution in [0, 0.1) is 6.92 Å². The van der Waals surface area contributed by atoms with E-state index in [1.165, 1.54) is 4.68 Å². The fraction of sp³-hybridized carbons (Fsp3) is 0.0833. The molecule has 0 bridgehead atoms. The number of halogens is 3. The molecule has 4 aromatic rings. The number of hydrogen-bond acceptors (Lipinski definition) is 5. The first-order valence-electron chi connectivity index (χ1n) is 9.77. The minimum Gasteiger partial charge on any atom is -0.451 e. The predicted octanol–water partition coefficient (Wildman–Crippen LogP) is 6.24. The lowest BCUT2D eigenvalue weighted by Gasteiger charge is -2.07. The molecule has 0 fully saturated rings. The van der Waals surface area contributed by atoms with Crippen molar-refractivity contribution >= 4 is 46.6 Å². The third kappa shape index (κ3) is 5.25. The molecule has 1 aromatic heterocycles. The van der Waals surface area contributed by atoms with Crippen LogP contribution in [0.1, 0.15) is 26.5 Å². The highest BCUT2D eigenvalue weighted by atomic mass is 35.5. The van der Waals surface area contributed by atoms with E-state index in [9.17, 15) is 9.59 Å². The van der Waals surface area contributed by atoms with Crippen LogP contribution in [0.4, 0.5) is 0 Å². The maximum Gasteiger partial charge on any atom is 0.378 e. The molecule has 0 amide bonds. The molecule has 0 N–H and O–H groups in total. The van der Waals surface area contributed by atoms with Crippen molar-refractivity contribution in [3.05, 3.63) is 98.7 Å². The van der Waals surface area contributed by atoms with Gasteiger partial charge in [0.25, 0.3) is 5.82 Å². The molecule has 3 aromatic carbocycles. The van der Waals surface area contributed by atoms with Crippen LogP contribution in [-0.2, 0) is 4.74 Å². The Bertz CT molecular complexity index is 1330. The van der Waals surface area contributed by atoms with Crippen LogP contribution in [0.3, 0.4) is 0 Å². The summed E-state index contributed by atoms with van der Waals surface area (Å²) in [7, 11) is 0. The normalized spacial score (nSPS) is 10.8. The Labute approximate surface area is 204 Å². The molecule has 0 aliphatic carbocycles. The number of aromatic nitrogens is 3. The molecule has 0 aliphatic rings. The molecule has 0 unspecified atom stereocenters. The number of benzene rings is 3. The molecule has 0 atom stereocenters. The Morgan fingerprint density at radius 1 is 0.909 bits per heavy atom. The van der Waals surface area contributed by atoms with Crippen LogP contribution >= 0.6 is 34.8 Å². The molecule has 166 valence electrons. The second-order valence-electron chi connectivity index (χ2n) is 7.14. The van der Waals surface area contributed by atoms with Crippen LogP contribution in [-0.4, -0.2) is 33.1 Å². The number of ketones is 1. The van der Waals surface area contributed by atoms with Crippen LogP contribution in [0.5, 0.6) is 0 Å². The highest BCUT2D eigenvalue weighted by molar-refractivity contribution is 6.42. The maximum atomic E-state index is 12.7. The van der Waals surface area contributed by atoms with Gasteiger partial charge in [-0.15, -0.1) is 5.10 Å². The molecule has 0 radical (unpaired) electrons. The highest BCUT2D eigenvalue weighted by Gasteiger charge is 2.21.